The molecule has 14 bridgehead atoms. The van der Waals surface area contributed by atoms with E-state index in [4.69, 9.17) is 14.2 Å². The highest BCUT2D eigenvalue weighted by molar-refractivity contribution is 6.01. The van der Waals surface area contributed by atoms with E-state index in [0.29, 0.717) is 62.4 Å². The predicted molar refractivity (Wildman–Crippen MR) is 396 cm³/mol. The number of nitrogens with zero attached hydrogens (tertiary/aromatic N) is 2. The zero-order valence-electron chi connectivity index (χ0n) is 59.6. The highest BCUT2D eigenvalue weighted by Gasteiger charge is 2.58. The first-order valence-electron chi connectivity index (χ1n) is 38.5. The van der Waals surface area contributed by atoms with E-state index in [2.05, 4.69) is 111 Å². The number of aliphatic hydroxyl groups excluding tert-OH is 2. The average Bonchev–Trinajstić information content (AvgIpc) is 1.58. The van der Waals surface area contributed by atoms with Crippen LogP contribution in [0.1, 0.15) is 217 Å². The van der Waals surface area contributed by atoms with Crippen molar-refractivity contribution < 1.29 is 54.1 Å². The molecule has 18 rings (SSSR count). The number of carbonyl (C=O) groups excluding carboxylic acids is 3. The van der Waals surface area contributed by atoms with Crippen LogP contribution in [0.3, 0.4) is 0 Å². The number of ether oxygens (including phenoxy) is 3. The predicted octanol–water partition coefficient (Wildman–Crippen LogP) is 16.7. The topological polar surface area (TPSA) is 216 Å². The van der Waals surface area contributed by atoms with Gasteiger partial charge >= 0.3 is 5.97 Å². The van der Waals surface area contributed by atoms with Crippen molar-refractivity contribution in [2.24, 2.45) is 45.3 Å². The summed E-state index contributed by atoms with van der Waals surface area (Å²) in [4.78, 5) is 50.4. The highest BCUT2D eigenvalue weighted by atomic mass is 16.5. The zero-order valence-corrected chi connectivity index (χ0v) is 59.6. The number of H-pyrrole nitrogens is 1. The van der Waals surface area contributed by atoms with E-state index in [1.165, 1.54) is 19.6 Å². The molecule has 2 aromatic heterocycles. The number of anilines is 1. The molecule has 4 fully saturated rings. The quantitative estimate of drug-likeness (QED) is 0.0429. The number of methoxy groups -OCH3 is 1. The van der Waals surface area contributed by atoms with E-state index >= 15 is 4.79 Å². The molecule has 0 amide bonds. The van der Waals surface area contributed by atoms with Crippen molar-refractivity contribution >= 4 is 34.0 Å². The maximum absolute atomic E-state index is 16.1. The number of phenols is 3. The van der Waals surface area contributed by atoms with Crippen LogP contribution in [0.5, 0.6) is 34.5 Å². The van der Waals surface area contributed by atoms with E-state index < -0.39 is 46.9 Å². The number of aromatic hydroxyl groups is 3. The summed E-state index contributed by atoms with van der Waals surface area (Å²) in [5.74, 6) is 8.09. The molecule has 15 heteroatoms. The molecule has 4 aromatic carbocycles. The summed E-state index contributed by atoms with van der Waals surface area (Å²) < 4.78 is 21.7. The SMILES string of the molecule is COc1cc2cc(O)c1Oc1cc(O)cc(c1)CC1(CCCC1)C(CO)CC1CCC3(CCC4(Cc5c6c(ccc7c6cn5C2CC(=O)CC(OC(C)=O)CCC25C6=CC=CC2CC=CC5c2c[nH]cc2C(C#CC6)C(c2cccc(O)c2)C2=CCNC(=C2)N7CCC(=O)C2CCCC2)C4O)C3)C1. The number of ketones is 2. The Labute approximate surface area is 604 Å². The molecule has 6 heterocycles. The summed E-state index contributed by atoms with van der Waals surface area (Å²) in [6.45, 7) is 2.27. The largest absolute Gasteiger partial charge is 0.508 e. The van der Waals surface area contributed by atoms with Crippen molar-refractivity contribution in [2.75, 3.05) is 31.7 Å². The second kappa shape index (κ2) is 26.8. The van der Waals surface area contributed by atoms with E-state index in [1.54, 1.807) is 24.3 Å². The third kappa shape index (κ3) is 11.9. The molecule has 8 aliphatic carbocycles. The molecule has 12 unspecified atom stereocenters. The van der Waals surface area contributed by atoms with Crippen molar-refractivity contribution in [1.82, 2.24) is 14.9 Å². The van der Waals surface area contributed by atoms with Gasteiger partial charge in [-0.25, -0.2) is 0 Å². The number of phenolic OH excluding ortho intramolecular Hbond substituents is 3. The second-order valence-electron chi connectivity index (χ2n) is 33.0. The fraction of sp³-hybridized carbons (Fsp3) is 0.489. The lowest BCUT2D eigenvalue weighted by molar-refractivity contribution is -0.148. The van der Waals surface area contributed by atoms with Gasteiger partial charge in [0.1, 0.15) is 40.7 Å². The summed E-state index contributed by atoms with van der Waals surface area (Å²) >= 11 is 0. The van der Waals surface area contributed by atoms with Crippen molar-refractivity contribution in [3.63, 3.8) is 0 Å². The number of allylic oxidation sites excluding steroid dienone is 8. The molecule has 103 heavy (non-hydrogen) atoms. The number of carbonyl (C=O) groups is 3. The Morgan fingerprint density at radius 3 is 2.52 bits per heavy atom. The normalized spacial score (nSPS) is 30.6. The van der Waals surface area contributed by atoms with Crippen molar-refractivity contribution in [1.29, 1.82) is 0 Å². The third-order valence-corrected chi connectivity index (χ3v) is 27.3. The maximum atomic E-state index is 16.1. The molecule has 4 saturated carbocycles. The van der Waals surface area contributed by atoms with Crippen LogP contribution in [0.4, 0.5) is 5.69 Å². The Morgan fingerprint density at radius 1 is 0.845 bits per heavy atom. The molecule has 4 aliphatic heterocycles. The molecule has 4 spiro atoms. The van der Waals surface area contributed by atoms with Crippen LogP contribution in [0.2, 0.25) is 0 Å². The van der Waals surface area contributed by atoms with Crippen LogP contribution in [-0.2, 0) is 32.0 Å². The fourth-order valence-corrected chi connectivity index (χ4v) is 22.7. The number of aromatic nitrogens is 2. The lowest BCUT2D eigenvalue weighted by Crippen LogP contribution is -2.41. The first kappa shape index (κ1) is 67.5. The molecule has 0 saturated heterocycles. The third-order valence-electron chi connectivity index (χ3n) is 27.3. The Kier molecular flexibility index (Phi) is 17.5. The number of esters is 1. The van der Waals surface area contributed by atoms with Crippen LogP contribution in [-0.4, -0.2) is 85.5 Å². The molecule has 7 N–H and O–H groups in total. The minimum atomic E-state index is -0.844. The molecule has 12 aliphatic rings. The van der Waals surface area contributed by atoms with Gasteiger partial charge in [0.25, 0.3) is 0 Å². The molecule has 15 nitrogen and oxygen atoms in total. The fourth-order valence-electron chi connectivity index (χ4n) is 22.7. The molecular weight excluding hydrogens is 1290 g/mol. The van der Waals surface area contributed by atoms with E-state index in [-0.39, 0.29) is 101 Å². The number of hydrogen-bond donors (Lipinski definition) is 7. The summed E-state index contributed by atoms with van der Waals surface area (Å²) in [5.41, 5.74) is 7.97. The van der Waals surface area contributed by atoms with Gasteiger partial charge in [-0.1, -0.05) is 97.8 Å². The monoisotopic (exact) mass is 1390 g/mol. The first-order chi connectivity index (χ1) is 50.0. The number of aromatic amines is 1. The van der Waals surface area contributed by atoms with Gasteiger partial charge in [0, 0.05) is 122 Å². The first-order valence-corrected chi connectivity index (χ1v) is 38.5. The Morgan fingerprint density at radius 2 is 1.70 bits per heavy atom. The molecule has 12 atom stereocenters. The number of nitrogens with one attached hydrogen (secondary N) is 2. The number of fused-ring (bicyclic) bond motifs is 4. The summed E-state index contributed by atoms with van der Waals surface area (Å²) in [6, 6.07) is 19.9. The van der Waals surface area contributed by atoms with E-state index in [1.807, 2.05) is 24.3 Å². The van der Waals surface area contributed by atoms with Gasteiger partial charge in [-0.2, -0.15) is 0 Å². The molecule has 536 valence electrons. The molecular formula is C88H98N4O11. The highest BCUT2D eigenvalue weighted by Crippen LogP contribution is 2.68. The molecule has 6 aromatic rings. The zero-order chi connectivity index (χ0) is 70.5. The van der Waals surface area contributed by atoms with Gasteiger partial charge in [-0.05, 0) is 219 Å². The summed E-state index contributed by atoms with van der Waals surface area (Å²) in [5, 5.41) is 66.7. The summed E-state index contributed by atoms with van der Waals surface area (Å²) in [7, 11) is 1.53. The van der Waals surface area contributed by atoms with Gasteiger partial charge in [-0.3, -0.25) is 14.4 Å². The number of rotatable bonds is 8. The smallest absolute Gasteiger partial charge is 0.302 e. The van der Waals surface area contributed by atoms with Gasteiger partial charge in [0.15, 0.2) is 11.5 Å². The average molecular weight is 1390 g/mol. The van der Waals surface area contributed by atoms with Gasteiger partial charge in [0.05, 0.1) is 30.9 Å². The number of Topliss-reactive ketones (excluding diaryl/α,β-unsaturated/α-hetero) is 2. The Bertz CT molecular complexity index is 4600. The van der Waals surface area contributed by atoms with Crippen molar-refractivity contribution in [3.05, 3.63) is 184 Å². The van der Waals surface area contributed by atoms with Crippen LogP contribution in [0, 0.1) is 57.2 Å². The van der Waals surface area contributed by atoms with Crippen molar-refractivity contribution in [3.8, 4) is 46.3 Å². The van der Waals surface area contributed by atoms with Gasteiger partial charge in [0.2, 0.25) is 5.75 Å². The maximum Gasteiger partial charge on any atom is 0.302 e. The second-order valence-corrected chi connectivity index (χ2v) is 33.0. The standard InChI is InChI=1S/C88H98N4O11/c1-53(94)102-66-24-30-88-60-14-8-15-61(88)17-10-20-73(88)71-49-89-48-70(71)68(19-9-16-60)81(57-13-7-18-63(95)38-57)58-25-33-90-80(41-58)91(34-26-77(98)56-11-3-4-12-56)74-22-21-69-82-72(74)50-92-75(44-65(97)42-66)59-39-78(99)83(79(40-59)101-2)103-67-37-55(36-64(96)43-67)46-86(27-5-6-28-86)62(51-93)35-54-23-29-85(45-54)31-32-87(52-85,84(69)100)47-76(82)92/h7-8,10,13-15,18,20-22,25,36-41,43,48-50,54,56,61-62,66,68,73,75,81,84,89-90,93,95-96,99-100H,3-6,11-12,16-17,23-24,26-35,42,44-47,51-52H2,1-2H3. The lowest BCUT2D eigenvalue weighted by atomic mass is 9.53. The lowest BCUT2D eigenvalue weighted by Gasteiger charge is -2.50. The van der Waals surface area contributed by atoms with E-state index in [0.717, 1.165) is 164 Å². The number of dihydropyridines is 1. The minimum Gasteiger partial charge on any atom is -0.508 e. The number of aliphatic hydroxyl groups is 2. The van der Waals surface area contributed by atoms with E-state index in [9.17, 15) is 35.1 Å². The summed E-state index contributed by atoms with van der Waals surface area (Å²) in [6.07, 6.45) is 38.5. The van der Waals surface area contributed by atoms with Crippen molar-refractivity contribution in [2.45, 2.75) is 197 Å². The van der Waals surface area contributed by atoms with Crippen LogP contribution >= 0.6 is 0 Å². The number of hydrogen-bond acceptors (Lipinski definition) is 13. The minimum absolute atomic E-state index is 0.0203. The van der Waals surface area contributed by atoms with Crippen LogP contribution < -0.4 is 19.7 Å². The Balaban J connectivity index is 0.890. The Hall–Kier alpha value is -8.71. The van der Waals surface area contributed by atoms with Crippen LogP contribution in [0.25, 0.3) is 10.8 Å². The van der Waals surface area contributed by atoms with Crippen LogP contribution in [0.15, 0.2) is 145 Å². The van der Waals surface area contributed by atoms with Gasteiger partial charge in [-0.15, -0.1) is 0 Å². The van der Waals surface area contributed by atoms with Gasteiger partial charge < -0.3 is 59.5 Å². The molecule has 0 radical (unpaired) electrons. The number of benzene rings is 4.